The highest BCUT2D eigenvalue weighted by Crippen LogP contribution is 2.25. The molecule has 0 fully saturated rings. The molecule has 0 bridgehead atoms. The third-order valence-corrected chi connectivity index (χ3v) is 4.95. The lowest BCUT2D eigenvalue weighted by molar-refractivity contribution is 0.0686. The SMILES string of the molecule is Cc1ccc(C(=O)O)cc1N=Cc1cc(C)n(-c2ccc(C(=O)O)cc2C)c1C. The molecule has 1 heterocycles. The van der Waals surface area contributed by atoms with E-state index in [0.717, 1.165) is 33.8 Å². The fraction of sp³-hybridized carbons (Fsp3) is 0.174. The van der Waals surface area contributed by atoms with Gasteiger partial charge in [0.2, 0.25) is 0 Å². The molecule has 29 heavy (non-hydrogen) atoms. The smallest absolute Gasteiger partial charge is 0.335 e. The van der Waals surface area contributed by atoms with Crippen LogP contribution in [0.5, 0.6) is 0 Å². The second-order valence-corrected chi connectivity index (χ2v) is 7.03. The van der Waals surface area contributed by atoms with E-state index >= 15 is 0 Å². The molecule has 1 aromatic heterocycles. The van der Waals surface area contributed by atoms with Crippen molar-refractivity contribution in [3.05, 3.63) is 81.7 Å². The van der Waals surface area contributed by atoms with Crippen molar-refractivity contribution in [3.63, 3.8) is 0 Å². The van der Waals surface area contributed by atoms with Crippen LogP contribution in [0.3, 0.4) is 0 Å². The zero-order chi connectivity index (χ0) is 21.3. The molecule has 0 unspecified atom stereocenters. The van der Waals surface area contributed by atoms with Crippen LogP contribution >= 0.6 is 0 Å². The van der Waals surface area contributed by atoms with Crippen LogP contribution in [0.4, 0.5) is 5.69 Å². The van der Waals surface area contributed by atoms with Gasteiger partial charge in [0, 0.05) is 28.9 Å². The Kier molecular flexibility index (Phi) is 5.37. The maximum Gasteiger partial charge on any atom is 0.335 e. The third kappa shape index (κ3) is 3.96. The highest BCUT2D eigenvalue weighted by molar-refractivity contribution is 5.90. The van der Waals surface area contributed by atoms with Gasteiger partial charge in [0.05, 0.1) is 16.8 Å². The zero-order valence-corrected chi connectivity index (χ0v) is 16.7. The van der Waals surface area contributed by atoms with Crippen LogP contribution in [-0.4, -0.2) is 32.9 Å². The molecule has 0 saturated heterocycles. The molecule has 2 N–H and O–H groups in total. The van der Waals surface area contributed by atoms with Gasteiger partial charge in [-0.2, -0.15) is 0 Å². The number of aromatic carboxylic acids is 2. The first-order chi connectivity index (χ1) is 13.7. The summed E-state index contributed by atoms with van der Waals surface area (Å²) < 4.78 is 2.06. The summed E-state index contributed by atoms with van der Waals surface area (Å²) >= 11 is 0. The third-order valence-electron chi connectivity index (χ3n) is 4.95. The summed E-state index contributed by atoms with van der Waals surface area (Å²) in [6.07, 6.45) is 1.73. The Bertz CT molecular complexity index is 1160. The first-order valence-corrected chi connectivity index (χ1v) is 9.10. The highest BCUT2D eigenvalue weighted by atomic mass is 16.4. The number of aromatic nitrogens is 1. The van der Waals surface area contributed by atoms with E-state index < -0.39 is 11.9 Å². The van der Waals surface area contributed by atoms with Gasteiger partial charge in [-0.1, -0.05) is 6.07 Å². The minimum Gasteiger partial charge on any atom is -0.478 e. The van der Waals surface area contributed by atoms with Gasteiger partial charge in [0.1, 0.15) is 0 Å². The zero-order valence-electron chi connectivity index (χ0n) is 16.7. The Morgan fingerprint density at radius 3 is 2.10 bits per heavy atom. The molecule has 3 aromatic rings. The number of nitrogens with zero attached hydrogens (tertiary/aromatic N) is 2. The lowest BCUT2D eigenvalue weighted by Crippen LogP contribution is -2.04. The van der Waals surface area contributed by atoms with Crippen LogP contribution in [0.1, 0.15) is 48.8 Å². The van der Waals surface area contributed by atoms with E-state index in [1.807, 2.05) is 33.8 Å². The van der Waals surface area contributed by atoms with Crippen molar-refractivity contribution in [2.45, 2.75) is 27.7 Å². The molecular formula is C23H22N2O4. The number of aryl methyl sites for hydroxylation is 3. The maximum atomic E-state index is 11.2. The Balaban J connectivity index is 2.01. The number of benzene rings is 2. The van der Waals surface area contributed by atoms with Gasteiger partial charge in [-0.25, -0.2) is 9.59 Å². The van der Waals surface area contributed by atoms with Crippen molar-refractivity contribution in [1.82, 2.24) is 4.57 Å². The molecule has 0 amide bonds. The number of carboxylic acids is 2. The number of carbonyl (C=O) groups is 2. The number of aliphatic imine (C=N–C) groups is 1. The van der Waals surface area contributed by atoms with E-state index in [9.17, 15) is 19.8 Å². The molecule has 148 valence electrons. The minimum absolute atomic E-state index is 0.197. The molecule has 0 aliphatic rings. The van der Waals surface area contributed by atoms with Gasteiger partial charge in [-0.3, -0.25) is 4.99 Å². The second kappa shape index (κ2) is 7.75. The van der Waals surface area contributed by atoms with Gasteiger partial charge < -0.3 is 14.8 Å². The summed E-state index contributed by atoms with van der Waals surface area (Å²) in [6, 6.07) is 11.9. The Morgan fingerprint density at radius 2 is 1.48 bits per heavy atom. The number of carboxylic acid groups (broad SMARTS) is 2. The van der Waals surface area contributed by atoms with Crippen molar-refractivity contribution in [1.29, 1.82) is 0 Å². The van der Waals surface area contributed by atoms with Gasteiger partial charge in [-0.05, 0) is 75.2 Å². The van der Waals surface area contributed by atoms with Crippen LogP contribution in [0, 0.1) is 27.7 Å². The Labute approximate surface area is 168 Å². The summed E-state index contributed by atoms with van der Waals surface area (Å²) in [4.78, 5) is 26.9. The molecule has 0 saturated carbocycles. The maximum absolute atomic E-state index is 11.2. The summed E-state index contributed by atoms with van der Waals surface area (Å²) in [7, 11) is 0. The minimum atomic E-state index is -0.986. The van der Waals surface area contributed by atoms with E-state index in [4.69, 9.17) is 0 Å². The largest absolute Gasteiger partial charge is 0.478 e. The fourth-order valence-corrected chi connectivity index (χ4v) is 3.35. The summed E-state index contributed by atoms with van der Waals surface area (Å²) in [5.41, 5.74) is 6.58. The van der Waals surface area contributed by atoms with Crippen LogP contribution in [0.25, 0.3) is 5.69 Å². The summed E-state index contributed by atoms with van der Waals surface area (Å²) in [6.45, 7) is 7.72. The van der Waals surface area contributed by atoms with Gasteiger partial charge in [0.15, 0.2) is 0 Å². The lowest BCUT2D eigenvalue weighted by atomic mass is 10.1. The van der Waals surface area contributed by atoms with Gasteiger partial charge >= 0.3 is 11.9 Å². The van der Waals surface area contributed by atoms with E-state index in [1.165, 1.54) is 0 Å². The number of hydrogen-bond donors (Lipinski definition) is 2. The predicted octanol–water partition coefficient (Wildman–Crippen LogP) is 4.86. The van der Waals surface area contributed by atoms with Crippen molar-refractivity contribution >= 4 is 23.8 Å². The highest BCUT2D eigenvalue weighted by Gasteiger charge is 2.13. The molecule has 0 atom stereocenters. The van der Waals surface area contributed by atoms with Crippen LogP contribution in [0.15, 0.2) is 47.5 Å². The van der Waals surface area contributed by atoms with E-state index in [0.29, 0.717) is 5.69 Å². The quantitative estimate of drug-likeness (QED) is 0.609. The molecule has 6 nitrogen and oxygen atoms in total. The van der Waals surface area contributed by atoms with E-state index in [2.05, 4.69) is 9.56 Å². The second-order valence-electron chi connectivity index (χ2n) is 7.03. The van der Waals surface area contributed by atoms with Crippen LogP contribution in [-0.2, 0) is 0 Å². The van der Waals surface area contributed by atoms with Crippen molar-refractivity contribution in [2.75, 3.05) is 0 Å². The van der Waals surface area contributed by atoms with Crippen molar-refractivity contribution in [2.24, 2.45) is 4.99 Å². The number of hydrogen-bond acceptors (Lipinski definition) is 3. The summed E-state index contributed by atoms with van der Waals surface area (Å²) in [5, 5.41) is 18.4. The van der Waals surface area contributed by atoms with Crippen molar-refractivity contribution < 1.29 is 19.8 Å². The molecule has 3 rings (SSSR count). The molecule has 0 aliphatic carbocycles. The molecule has 0 radical (unpaired) electrons. The Hall–Kier alpha value is -3.67. The lowest BCUT2D eigenvalue weighted by Gasteiger charge is -2.13. The Morgan fingerprint density at radius 1 is 0.862 bits per heavy atom. The van der Waals surface area contributed by atoms with Crippen molar-refractivity contribution in [3.8, 4) is 5.69 Å². The molecule has 0 spiro atoms. The predicted molar refractivity (Wildman–Crippen MR) is 112 cm³/mol. The van der Waals surface area contributed by atoms with Crippen LogP contribution < -0.4 is 0 Å². The average Bonchev–Trinajstić information content (AvgIpc) is 2.94. The van der Waals surface area contributed by atoms with E-state index in [-0.39, 0.29) is 11.1 Å². The van der Waals surface area contributed by atoms with E-state index in [1.54, 1.807) is 42.6 Å². The molecular weight excluding hydrogens is 368 g/mol. The summed E-state index contributed by atoms with van der Waals surface area (Å²) in [5.74, 6) is -1.94. The average molecular weight is 390 g/mol. The monoisotopic (exact) mass is 390 g/mol. The fourth-order valence-electron chi connectivity index (χ4n) is 3.35. The first kappa shape index (κ1) is 20.1. The standard InChI is InChI=1S/C23H22N2O4/c1-13-5-6-18(23(28)29)11-20(13)24-12-19-10-15(3)25(16(19)4)21-8-7-17(22(26)27)9-14(21)2/h5-12H,1-4H3,(H,26,27)(H,28,29). The molecule has 6 heteroatoms. The molecule has 2 aromatic carbocycles. The normalized spacial score (nSPS) is 11.2. The number of rotatable bonds is 5. The topological polar surface area (TPSA) is 91.9 Å². The first-order valence-electron chi connectivity index (χ1n) is 9.10. The van der Waals surface area contributed by atoms with Crippen LogP contribution in [0.2, 0.25) is 0 Å². The van der Waals surface area contributed by atoms with Gasteiger partial charge in [0.25, 0.3) is 0 Å². The van der Waals surface area contributed by atoms with Gasteiger partial charge in [-0.15, -0.1) is 0 Å². The molecule has 0 aliphatic heterocycles.